The minimum absolute atomic E-state index is 0.142. The van der Waals surface area contributed by atoms with E-state index in [1.165, 1.54) is 0 Å². The standard InChI is InChI=1S/C8H8Cl2O2/c1-8(10)5-3-2-4(12-5)6(9)7(8)11/h2-6H,1H3/t4-,5+,6+,8+/m1/s1. The lowest BCUT2D eigenvalue weighted by Crippen LogP contribution is -2.53. The molecule has 0 N–H and O–H groups in total. The third-order valence-corrected chi connectivity index (χ3v) is 3.18. The summed E-state index contributed by atoms with van der Waals surface area (Å²) in [5.74, 6) is -0.142. The number of rotatable bonds is 0. The van der Waals surface area contributed by atoms with Gasteiger partial charge in [0, 0.05) is 0 Å². The summed E-state index contributed by atoms with van der Waals surface area (Å²) >= 11 is 11.8. The molecule has 1 fully saturated rings. The van der Waals surface area contributed by atoms with E-state index in [1.807, 2.05) is 0 Å². The highest BCUT2D eigenvalue weighted by molar-refractivity contribution is 6.44. The average molecular weight is 207 g/mol. The number of Topliss-reactive ketones (excluding diaryl/α,β-unsaturated/α-hetero) is 1. The van der Waals surface area contributed by atoms with Crippen LogP contribution in [-0.4, -0.2) is 28.2 Å². The van der Waals surface area contributed by atoms with Gasteiger partial charge in [-0.2, -0.15) is 0 Å². The molecule has 12 heavy (non-hydrogen) atoms. The normalized spacial score (nSPS) is 51.6. The second kappa shape index (κ2) is 2.47. The number of hydrogen-bond acceptors (Lipinski definition) is 2. The summed E-state index contributed by atoms with van der Waals surface area (Å²) in [6.45, 7) is 1.64. The largest absolute Gasteiger partial charge is 0.363 e. The maximum Gasteiger partial charge on any atom is 0.177 e. The highest BCUT2D eigenvalue weighted by Gasteiger charge is 2.52. The van der Waals surface area contributed by atoms with Gasteiger partial charge >= 0.3 is 0 Å². The fraction of sp³-hybridized carbons (Fsp3) is 0.625. The highest BCUT2D eigenvalue weighted by atomic mass is 35.5. The van der Waals surface area contributed by atoms with Crippen LogP contribution < -0.4 is 0 Å². The number of ether oxygens (including phenoxy) is 1. The van der Waals surface area contributed by atoms with E-state index in [-0.39, 0.29) is 18.0 Å². The van der Waals surface area contributed by atoms with Gasteiger partial charge in [0.05, 0.1) is 0 Å². The summed E-state index contributed by atoms with van der Waals surface area (Å²) < 4.78 is 5.40. The van der Waals surface area contributed by atoms with Crippen LogP contribution in [0.4, 0.5) is 0 Å². The molecule has 0 aliphatic carbocycles. The summed E-state index contributed by atoms with van der Waals surface area (Å²) in [6, 6.07) is 0. The molecule has 2 aliphatic rings. The zero-order chi connectivity index (χ0) is 8.93. The summed E-state index contributed by atoms with van der Waals surface area (Å²) in [5, 5.41) is -0.637. The first-order valence-corrected chi connectivity index (χ1v) is 4.56. The number of fused-ring (bicyclic) bond motifs is 2. The van der Waals surface area contributed by atoms with Gasteiger partial charge in [-0.25, -0.2) is 0 Å². The van der Waals surface area contributed by atoms with Crippen molar-refractivity contribution in [1.82, 2.24) is 0 Å². The molecule has 4 atom stereocenters. The number of carbonyl (C=O) groups is 1. The van der Waals surface area contributed by atoms with Crippen LogP contribution in [0.1, 0.15) is 6.92 Å². The monoisotopic (exact) mass is 206 g/mol. The third-order valence-electron chi connectivity index (χ3n) is 2.33. The third kappa shape index (κ3) is 0.951. The topological polar surface area (TPSA) is 26.3 Å². The van der Waals surface area contributed by atoms with Gasteiger partial charge in [-0.3, -0.25) is 4.79 Å². The van der Waals surface area contributed by atoms with Gasteiger partial charge in [0.15, 0.2) is 5.78 Å². The van der Waals surface area contributed by atoms with E-state index >= 15 is 0 Å². The molecule has 0 amide bonds. The Kier molecular flexibility index (Phi) is 1.76. The van der Waals surface area contributed by atoms with Crippen LogP contribution in [0.15, 0.2) is 12.2 Å². The Bertz CT molecular complexity index is 260. The van der Waals surface area contributed by atoms with Crippen LogP contribution in [0.3, 0.4) is 0 Å². The highest BCUT2D eigenvalue weighted by Crippen LogP contribution is 2.38. The van der Waals surface area contributed by atoms with Crippen molar-refractivity contribution in [3.63, 3.8) is 0 Å². The molecule has 0 aromatic carbocycles. The van der Waals surface area contributed by atoms with E-state index in [0.29, 0.717) is 0 Å². The summed E-state index contributed by atoms with van der Waals surface area (Å²) in [6.07, 6.45) is 3.01. The van der Waals surface area contributed by atoms with Crippen LogP contribution in [-0.2, 0) is 9.53 Å². The second-order valence-electron chi connectivity index (χ2n) is 3.25. The fourth-order valence-electron chi connectivity index (χ4n) is 1.50. The smallest absolute Gasteiger partial charge is 0.177 e. The average Bonchev–Trinajstić information content (AvgIpc) is 2.46. The fourth-order valence-corrected chi connectivity index (χ4v) is 2.17. The van der Waals surface area contributed by atoms with Crippen molar-refractivity contribution in [2.45, 2.75) is 29.4 Å². The molecular formula is C8H8Cl2O2. The minimum atomic E-state index is -0.990. The number of carbonyl (C=O) groups excluding carboxylic acids is 1. The first-order chi connectivity index (χ1) is 5.53. The molecule has 0 aromatic heterocycles. The summed E-state index contributed by atoms with van der Waals surface area (Å²) in [5.41, 5.74) is 0. The van der Waals surface area contributed by atoms with Gasteiger partial charge in [0.1, 0.15) is 22.5 Å². The lowest BCUT2D eigenvalue weighted by Gasteiger charge is -2.35. The Balaban J connectivity index is 2.38. The Labute approximate surface area is 80.5 Å². The summed E-state index contributed by atoms with van der Waals surface area (Å²) in [4.78, 5) is 10.5. The lowest BCUT2D eigenvalue weighted by atomic mass is 9.94. The first kappa shape index (κ1) is 8.54. The molecule has 2 nitrogen and oxygen atoms in total. The van der Waals surface area contributed by atoms with Crippen molar-refractivity contribution in [1.29, 1.82) is 0 Å². The molecule has 4 heteroatoms. The Morgan fingerprint density at radius 3 is 2.92 bits per heavy atom. The zero-order valence-electron chi connectivity index (χ0n) is 6.46. The predicted octanol–water partition coefficient (Wildman–Crippen LogP) is 1.50. The van der Waals surface area contributed by atoms with E-state index in [0.717, 1.165) is 0 Å². The zero-order valence-corrected chi connectivity index (χ0v) is 7.97. The van der Waals surface area contributed by atoms with Gasteiger partial charge in [-0.05, 0) is 6.92 Å². The molecule has 0 radical (unpaired) electrons. The Morgan fingerprint density at radius 1 is 1.58 bits per heavy atom. The Morgan fingerprint density at radius 2 is 2.25 bits per heavy atom. The minimum Gasteiger partial charge on any atom is -0.363 e. The number of ketones is 1. The van der Waals surface area contributed by atoms with Gasteiger partial charge in [-0.15, -0.1) is 23.2 Å². The molecule has 2 rings (SSSR count). The van der Waals surface area contributed by atoms with Crippen molar-refractivity contribution >= 4 is 29.0 Å². The van der Waals surface area contributed by atoms with E-state index in [2.05, 4.69) is 0 Å². The van der Waals surface area contributed by atoms with Crippen molar-refractivity contribution in [2.24, 2.45) is 0 Å². The van der Waals surface area contributed by atoms with Crippen LogP contribution in [0.2, 0.25) is 0 Å². The van der Waals surface area contributed by atoms with Crippen LogP contribution in [0.25, 0.3) is 0 Å². The number of alkyl halides is 2. The van der Waals surface area contributed by atoms with E-state index < -0.39 is 10.3 Å². The van der Waals surface area contributed by atoms with Crippen molar-refractivity contribution in [3.05, 3.63) is 12.2 Å². The van der Waals surface area contributed by atoms with Gasteiger partial charge in [-0.1, -0.05) is 12.2 Å². The molecule has 0 aromatic rings. The van der Waals surface area contributed by atoms with Crippen LogP contribution in [0.5, 0.6) is 0 Å². The van der Waals surface area contributed by atoms with E-state index in [4.69, 9.17) is 27.9 Å². The van der Waals surface area contributed by atoms with Crippen molar-refractivity contribution < 1.29 is 9.53 Å². The molecule has 66 valence electrons. The van der Waals surface area contributed by atoms with E-state index in [1.54, 1.807) is 19.1 Å². The molecule has 2 heterocycles. The van der Waals surface area contributed by atoms with Gasteiger partial charge in [0.2, 0.25) is 0 Å². The molecule has 0 saturated carbocycles. The molecule has 1 saturated heterocycles. The molecule has 0 spiro atoms. The van der Waals surface area contributed by atoms with Crippen molar-refractivity contribution in [3.8, 4) is 0 Å². The number of hydrogen-bond donors (Lipinski definition) is 0. The van der Waals surface area contributed by atoms with Crippen LogP contribution >= 0.6 is 23.2 Å². The van der Waals surface area contributed by atoms with Gasteiger partial charge < -0.3 is 4.74 Å². The SMILES string of the molecule is C[C@@]1(Cl)C(=O)[C@@H](Cl)[C@H]2C=C[C@@H]1O2. The molecule has 2 bridgehead atoms. The van der Waals surface area contributed by atoms with Crippen LogP contribution in [0, 0.1) is 0 Å². The lowest BCUT2D eigenvalue weighted by molar-refractivity contribution is -0.132. The van der Waals surface area contributed by atoms with Crippen molar-refractivity contribution in [2.75, 3.05) is 0 Å². The van der Waals surface area contributed by atoms with E-state index in [9.17, 15) is 4.79 Å². The molecule has 2 aliphatic heterocycles. The maximum atomic E-state index is 11.5. The number of halogens is 2. The quantitative estimate of drug-likeness (QED) is 0.444. The summed E-state index contributed by atoms with van der Waals surface area (Å²) in [7, 11) is 0. The predicted molar refractivity (Wildman–Crippen MR) is 46.7 cm³/mol. The molecular weight excluding hydrogens is 199 g/mol. The molecule has 0 unspecified atom stereocenters. The van der Waals surface area contributed by atoms with Gasteiger partial charge in [0.25, 0.3) is 0 Å². The first-order valence-electron chi connectivity index (χ1n) is 3.74. The Hall–Kier alpha value is -0.0500. The maximum absolute atomic E-state index is 11.5. The second-order valence-corrected chi connectivity index (χ2v) is 4.50.